The summed E-state index contributed by atoms with van der Waals surface area (Å²) in [5.74, 6) is -0.769. The van der Waals surface area contributed by atoms with Gasteiger partial charge in [-0.15, -0.1) is 0 Å². The molecule has 0 aliphatic carbocycles. The van der Waals surface area contributed by atoms with E-state index in [-0.39, 0.29) is 6.42 Å². The van der Waals surface area contributed by atoms with Gasteiger partial charge in [0.05, 0.1) is 5.71 Å². The fourth-order valence-electron chi connectivity index (χ4n) is 3.05. The third-order valence-corrected chi connectivity index (χ3v) is 4.58. The average Bonchev–Trinajstić information content (AvgIpc) is 2.74. The molecule has 3 rings (SSSR count). The molecular formula is C24H24N2O2. The number of rotatable bonds is 8. The van der Waals surface area contributed by atoms with Crippen LogP contribution in [-0.4, -0.2) is 23.8 Å². The van der Waals surface area contributed by atoms with Crippen molar-refractivity contribution < 1.29 is 9.90 Å². The second-order valence-electron chi connectivity index (χ2n) is 6.58. The SMILES string of the molecule is CN=C(c1ccccc1)c1ccc(CNc2ccc(CCC(=O)O)cc2)cc1. The highest BCUT2D eigenvalue weighted by atomic mass is 16.4. The van der Waals surface area contributed by atoms with Crippen LogP contribution in [-0.2, 0) is 17.8 Å². The van der Waals surface area contributed by atoms with Gasteiger partial charge in [-0.1, -0.05) is 66.7 Å². The zero-order chi connectivity index (χ0) is 19.8. The molecule has 0 saturated carbocycles. The lowest BCUT2D eigenvalue weighted by Gasteiger charge is -2.10. The summed E-state index contributed by atoms with van der Waals surface area (Å²) in [4.78, 5) is 15.1. The predicted molar refractivity (Wildman–Crippen MR) is 114 cm³/mol. The highest BCUT2D eigenvalue weighted by Gasteiger charge is 2.06. The maximum absolute atomic E-state index is 10.6. The molecule has 0 radical (unpaired) electrons. The van der Waals surface area contributed by atoms with Crippen molar-refractivity contribution in [2.24, 2.45) is 4.99 Å². The quantitative estimate of drug-likeness (QED) is 0.559. The third-order valence-electron chi connectivity index (χ3n) is 4.58. The summed E-state index contributed by atoms with van der Waals surface area (Å²) in [5, 5.41) is 12.2. The second-order valence-corrected chi connectivity index (χ2v) is 6.58. The van der Waals surface area contributed by atoms with Gasteiger partial charge in [0.2, 0.25) is 0 Å². The van der Waals surface area contributed by atoms with Crippen LogP contribution in [0.15, 0.2) is 83.9 Å². The van der Waals surface area contributed by atoms with Crippen LogP contribution in [0.25, 0.3) is 0 Å². The molecular weight excluding hydrogens is 348 g/mol. The van der Waals surface area contributed by atoms with Crippen molar-refractivity contribution in [3.8, 4) is 0 Å². The maximum Gasteiger partial charge on any atom is 0.303 e. The molecule has 0 heterocycles. The molecule has 0 atom stereocenters. The number of benzene rings is 3. The van der Waals surface area contributed by atoms with E-state index in [1.54, 1.807) is 0 Å². The Kier molecular flexibility index (Phi) is 6.58. The molecule has 3 aromatic carbocycles. The molecule has 4 heteroatoms. The first-order valence-electron chi connectivity index (χ1n) is 9.32. The topological polar surface area (TPSA) is 61.7 Å². The molecule has 0 amide bonds. The number of carboxylic acid groups (broad SMARTS) is 1. The smallest absolute Gasteiger partial charge is 0.303 e. The summed E-state index contributed by atoms with van der Waals surface area (Å²) in [5.41, 5.74) is 6.42. The first kappa shape index (κ1) is 19.4. The summed E-state index contributed by atoms with van der Waals surface area (Å²) >= 11 is 0. The van der Waals surface area contributed by atoms with E-state index >= 15 is 0 Å². The van der Waals surface area contributed by atoms with Gasteiger partial charge in [-0.3, -0.25) is 9.79 Å². The number of carboxylic acids is 1. The average molecular weight is 372 g/mol. The van der Waals surface area contributed by atoms with E-state index in [0.29, 0.717) is 6.42 Å². The van der Waals surface area contributed by atoms with Crippen LogP contribution >= 0.6 is 0 Å². The molecule has 28 heavy (non-hydrogen) atoms. The number of aryl methyl sites for hydroxylation is 1. The monoisotopic (exact) mass is 372 g/mol. The highest BCUT2D eigenvalue weighted by molar-refractivity contribution is 6.12. The standard InChI is InChI=1S/C24H24N2O2/c1-25-24(20-5-3-2-4-6-20)21-12-7-19(8-13-21)17-26-22-14-9-18(10-15-22)11-16-23(27)28/h2-10,12-15,26H,11,16-17H2,1H3,(H,27,28). The van der Waals surface area contributed by atoms with E-state index in [0.717, 1.165) is 34.6 Å². The van der Waals surface area contributed by atoms with E-state index in [1.165, 1.54) is 5.56 Å². The van der Waals surface area contributed by atoms with Crippen molar-refractivity contribution in [3.63, 3.8) is 0 Å². The van der Waals surface area contributed by atoms with Gasteiger partial charge < -0.3 is 10.4 Å². The normalized spacial score (nSPS) is 11.2. The summed E-state index contributed by atoms with van der Waals surface area (Å²) in [6.07, 6.45) is 0.713. The van der Waals surface area contributed by atoms with Crippen molar-refractivity contribution in [1.82, 2.24) is 0 Å². The minimum absolute atomic E-state index is 0.158. The van der Waals surface area contributed by atoms with Crippen LogP contribution in [0.4, 0.5) is 5.69 Å². The lowest BCUT2D eigenvalue weighted by molar-refractivity contribution is -0.136. The van der Waals surface area contributed by atoms with Crippen LogP contribution < -0.4 is 5.32 Å². The third kappa shape index (κ3) is 5.30. The minimum Gasteiger partial charge on any atom is -0.481 e. The summed E-state index contributed by atoms with van der Waals surface area (Å²) in [6.45, 7) is 0.721. The Morgan fingerprint density at radius 3 is 2.07 bits per heavy atom. The molecule has 0 aliphatic heterocycles. The van der Waals surface area contributed by atoms with Crippen molar-refractivity contribution in [2.75, 3.05) is 12.4 Å². The van der Waals surface area contributed by atoms with Gasteiger partial charge >= 0.3 is 5.97 Å². The van der Waals surface area contributed by atoms with Gasteiger partial charge in [0.15, 0.2) is 0 Å². The minimum atomic E-state index is -0.769. The van der Waals surface area contributed by atoms with E-state index in [2.05, 4.69) is 46.7 Å². The van der Waals surface area contributed by atoms with Crippen molar-refractivity contribution in [3.05, 3.63) is 101 Å². The first-order chi connectivity index (χ1) is 13.7. The van der Waals surface area contributed by atoms with Gasteiger partial charge in [-0.05, 0) is 29.7 Å². The fraction of sp³-hybridized carbons (Fsp3) is 0.167. The van der Waals surface area contributed by atoms with E-state index < -0.39 is 5.97 Å². The molecule has 3 aromatic rings. The number of nitrogens with zero attached hydrogens (tertiary/aromatic N) is 1. The molecule has 0 aromatic heterocycles. The van der Waals surface area contributed by atoms with Gasteiger partial charge in [0.1, 0.15) is 0 Å². The zero-order valence-corrected chi connectivity index (χ0v) is 15.9. The Morgan fingerprint density at radius 1 is 0.857 bits per heavy atom. The van der Waals surface area contributed by atoms with E-state index in [9.17, 15) is 4.79 Å². The summed E-state index contributed by atoms with van der Waals surface area (Å²) in [6, 6.07) is 26.5. The summed E-state index contributed by atoms with van der Waals surface area (Å²) in [7, 11) is 1.82. The molecule has 0 aliphatic rings. The van der Waals surface area contributed by atoms with Crippen LogP contribution in [0.5, 0.6) is 0 Å². The molecule has 0 unspecified atom stereocenters. The largest absolute Gasteiger partial charge is 0.481 e. The van der Waals surface area contributed by atoms with Crippen LogP contribution in [0.1, 0.15) is 28.7 Å². The Labute approximate surface area is 165 Å². The lowest BCUT2D eigenvalue weighted by Crippen LogP contribution is -2.04. The Balaban J connectivity index is 1.59. The number of hydrogen-bond donors (Lipinski definition) is 2. The van der Waals surface area contributed by atoms with Gasteiger partial charge in [-0.2, -0.15) is 0 Å². The second kappa shape index (κ2) is 9.51. The molecule has 4 nitrogen and oxygen atoms in total. The summed E-state index contributed by atoms with van der Waals surface area (Å²) < 4.78 is 0. The van der Waals surface area contributed by atoms with Gasteiger partial charge in [0.25, 0.3) is 0 Å². The van der Waals surface area contributed by atoms with Crippen molar-refractivity contribution in [1.29, 1.82) is 0 Å². The molecule has 0 spiro atoms. The van der Waals surface area contributed by atoms with Crippen LogP contribution in [0.3, 0.4) is 0 Å². The van der Waals surface area contributed by atoms with Crippen molar-refractivity contribution in [2.45, 2.75) is 19.4 Å². The predicted octanol–water partition coefficient (Wildman–Crippen LogP) is 4.78. The molecule has 0 saturated heterocycles. The number of carbonyl (C=O) groups is 1. The molecule has 0 bridgehead atoms. The van der Waals surface area contributed by atoms with E-state index in [4.69, 9.17) is 5.11 Å². The highest BCUT2D eigenvalue weighted by Crippen LogP contribution is 2.15. The van der Waals surface area contributed by atoms with Gasteiger partial charge in [0, 0.05) is 36.8 Å². The van der Waals surface area contributed by atoms with Crippen LogP contribution in [0.2, 0.25) is 0 Å². The van der Waals surface area contributed by atoms with E-state index in [1.807, 2.05) is 49.5 Å². The number of nitrogens with one attached hydrogen (secondary N) is 1. The number of aliphatic imine (C=N–C) groups is 1. The molecule has 142 valence electrons. The van der Waals surface area contributed by atoms with Gasteiger partial charge in [-0.25, -0.2) is 0 Å². The number of aliphatic carboxylic acids is 1. The molecule has 2 N–H and O–H groups in total. The van der Waals surface area contributed by atoms with Crippen LogP contribution in [0, 0.1) is 0 Å². The number of hydrogen-bond acceptors (Lipinski definition) is 3. The first-order valence-corrected chi connectivity index (χ1v) is 9.32. The number of anilines is 1. The Hall–Kier alpha value is -3.40. The fourth-order valence-corrected chi connectivity index (χ4v) is 3.05. The Morgan fingerprint density at radius 2 is 1.46 bits per heavy atom. The molecule has 0 fully saturated rings. The maximum atomic E-state index is 10.6. The Bertz CT molecular complexity index is 931. The van der Waals surface area contributed by atoms with Crippen molar-refractivity contribution >= 4 is 17.4 Å². The lowest BCUT2D eigenvalue weighted by atomic mass is 10.0. The zero-order valence-electron chi connectivity index (χ0n) is 15.9.